The highest BCUT2D eigenvalue weighted by molar-refractivity contribution is 6.31. The molecule has 0 spiro atoms. The highest BCUT2D eigenvalue weighted by Gasteiger charge is 2.30. The maximum atomic E-state index is 12.5. The van der Waals surface area contributed by atoms with Crippen LogP contribution in [0.3, 0.4) is 0 Å². The highest BCUT2D eigenvalue weighted by atomic mass is 35.5. The van der Waals surface area contributed by atoms with Crippen LogP contribution in [0.1, 0.15) is 36.2 Å². The predicted octanol–water partition coefficient (Wildman–Crippen LogP) is 2.15. The lowest BCUT2D eigenvalue weighted by Crippen LogP contribution is -2.45. The molecule has 1 atom stereocenters. The van der Waals surface area contributed by atoms with E-state index in [0.717, 1.165) is 19.3 Å². The van der Waals surface area contributed by atoms with Crippen molar-refractivity contribution in [2.75, 3.05) is 6.54 Å². The van der Waals surface area contributed by atoms with Crippen molar-refractivity contribution in [2.45, 2.75) is 31.7 Å². The molecule has 2 heterocycles. The molecule has 0 radical (unpaired) electrons. The minimum atomic E-state index is -0.866. The van der Waals surface area contributed by atoms with Crippen LogP contribution in [0.15, 0.2) is 12.3 Å². The van der Waals surface area contributed by atoms with Gasteiger partial charge in [-0.25, -0.2) is 0 Å². The summed E-state index contributed by atoms with van der Waals surface area (Å²) in [5.74, 6) is -1.00. The summed E-state index contributed by atoms with van der Waals surface area (Å²) in [5.41, 5.74) is 0.502. The molecule has 104 valence electrons. The first-order valence-electron chi connectivity index (χ1n) is 6.33. The third kappa shape index (κ3) is 3.10. The zero-order valence-corrected chi connectivity index (χ0v) is 11.6. The molecule has 1 saturated heterocycles. The number of amides is 1. The Morgan fingerprint density at radius 1 is 1.47 bits per heavy atom. The number of nitrogens with zero attached hydrogens (tertiary/aromatic N) is 2. The molecular formula is C13H17ClN2O3. The van der Waals surface area contributed by atoms with Crippen LogP contribution in [0.5, 0.6) is 0 Å². The van der Waals surface area contributed by atoms with Crippen molar-refractivity contribution < 1.29 is 14.7 Å². The standard InChI is InChI=1S/C13H17ClN2O3/c1-15-8-9(14)6-11(15)13(19)16-5-3-2-4-10(16)7-12(17)18/h6,8,10H,2-5,7H2,1H3,(H,17,18). The summed E-state index contributed by atoms with van der Waals surface area (Å²) in [7, 11) is 1.76. The summed E-state index contributed by atoms with van der Waals surface area (Å²) in [5, 5.41) is 9.44. The van der Waals surface area contributed by atoms with Crippen molar-refractivity contribution in [3.05, 3.63) is 23.0 Å². The molecule has 0 bridgehead atoms. The van der Waals surface area contributed by atoms with Crippen molar-refractivity contribution in [3.63, 3.8) is 0 Å². The summed E-state index contributed by atoms with van der Waals surface area (Å²) in [6, 6.07) is 1.41. The quantitative estimate of drug-likeness (QED) is 0.925. The van der Waals surface area contributed by atoms with Gasteiger partial charge in [0.15, 0.2) is 0 Å². The number of aliphatic carboxylic acids is 1. The minimum absolute atomic E-state index is 0.00386. The molecule has 5 nitrogen and oxygen atoms in total. The average Bonchev–Trinajstić information content (AvgIpc) is 2.67. The molecular weight excluding hydrogens is 268 g/mol. The number of rotatable bonds is 3. The van der Waals surface area contributed by atoms with Gasteiger partial charge in [-0.3, -0.25) is 9.59 Å². The lowest BCUT2D eigenvalue weighted by molar-refractivity contribution is -0.138. The van der Waals surface area contributed by atoms with Gasteiger partial charge in [0.05, 0.1) is 11.4 Å². The third-order valence-corrected chi connectivity index (χ3v) is 3.70. The van der Waals surface area contributed by atoms with Crippen molar-refractivity contribution in [3.8, 4) is 0 Å². The Morgan fingerprint density at radius 2 is 2.21 bits per heavy atom. The first-order valence-corrected chi connectivity index (χ1v) is 6.71. The third-order valence-electron chi connectivity index (χ3n) is 3.49. The lowest BCUT2D eigenvalue weighted by Gasteiger charge is -2.35. The fourth-order valence-electron chi connectivity index (χ4n) is 2.57. The monoisotopic (exact) mass is 284 g/mol. The molecule has 19 heavy (non-hydrogen) atoms. The van der Waals surface area contributed by atoms with Gasteiger partial charge in [-0.1, -0.05) is 11.6 Å². The maximum absolute atomic E-state index is 12.5. The summed E-state index contributed by atoms with van der Waals surface area (Å²) in [4.78, 5) is 25.0. The molecule has 0 aliphatic carbocycles. The van der Waals surface area contributed by atoms with Gasteiger partial charge in [-0.15, -0.1) is 0 Å². The molecule has 1 aromatic rings. The summed E-state index contributed by atoms with van der Waals surface area (Å²) >= 11 is 5.88. The molecule has 1 aliphatic rings. The molecule has 6 heteroatoms. The van der Waals surface area contributed by atoms with Gasteiger partial charge in [-0.05, 0) is 25.3 Å². The largest absolute Gasteiger partial charge is 0.481 e. The number of piperidine rings is 1. The second kappa shape index (κ2) is 5.65. The van der Waals surface area contributed by atoms with E-state index < -0.39 is 5.97 Å². The van der Waals surface area contributed by atoms with E-state index in [2.05, 4.69) is 0 Å². The fourth-order valence-corrected chi connectivity index (χ4v) is 2.82. The topological polar surface area (TPSA) is 62.5 Å². The Labute approximate surface area is 116 Å². The molecule has 0 aromatic carbocycles. The smallest absolute Gasteiger partial charge is 0.305 e. The lowest BCUT2D eigenvalue weighted by atomic mass is 9.99. The Hall–Kier alpha value is -1.49. The molecule has 0 saturated carbocycles. The van der Waals surface area contributed by atoms with E-state index in [1.165, 1.54) is 0 Å². The van der Waals surface area contributed by atoms with E-state index in [1.807, 2.05) is 0 Å². The number of carboxylic acid groups (broad SMARTS) is 1. The van der Waals surface area contributed by atoms with Crippen molar-refractivity contribution in [2.24, 2.45) is 7.05 Å². The van der Waals surface area contributed by atoms with Crippen LogP contribution in [0.25, 0.3) is 0 Å². The van der Waals surface area contributed by atoms with E-state index in [1.54, 1.807) is 28.8 Å². The number of hydrogen-bond acceptors (Lipinski definition) is 2. The molecule has 1 unspecified atom stereocenters. The Bertz CT molecular complexity index is 498. The van der Waals surface area contributed by atoms with Gasteiger partial charge < -0.3 is 14.6 Å². The first-order chi connectivity index (χ1) is 8.99. The molecule has 1 fully saturated rings. The van der Waals surface area contributed by atoms with Crippen LogP contribution >= 0.6 is 11.6 Å². The predicted molar refractivity (Wildman–Crippen MR) is 71.4 cm³/mol. The van der Waals surface area contributed by atoms with Gasteiger partial charge >= 0.3 is 5.97 Å². The van der Waals surface area contributed by atoms with Gasteiger partial charge in [0, 0.05) is 25.8 Å². The molecule has 1 aromatic heterocycles. The van der Waals surface area contributed by atoms with Gasteiger partial charge in [0.2, 0.25) is 0 Å². The molecule has 2 rings (SSSR count). The molecule has 1 amide bonds. The fraction of sp³-hybridized carbons (Fsp3) is 0.538. The number of aryl methyl sites for hydroxylation is 1. The number of aromatic nitrogens is 1. The number of hydrogen-bond donors (Lipinski definition) is 1. The van der Waals surface area contributed by atoms with Gasteiger partial charge in [0.1, 0.15) is 5.69 Å². The van der Waals surface area contributed by atoms with Crippen LogP contribution in [-0.4, -0.2) is 39.0 Å². The van der Waals surface area contributed by atoms with Crippen LogP contribution in [0, 0.1) is 0 Å². The molecule has 1 aliphatic heterocycles. The number of carbonyl (C=O) groups excluding carboxylic acids is 1. The van der Waals surface area contributed by atoms with Gasteiger partial charge in [0.25, 0.3) is 5.91 Å². The number of carbonyl (C=O) groups is 2. The van der Waals surface area contributed by atoms with Crippen molar-refractivity contribution in [1.82, 2.24) is 9.47 Å². The van der Waals surface area contributed by atoms with Crippen LogP contribution in [0.2, 0.25) is 5.02 Å². The first kappa shape index (κ1) is 13.9. The Morgan fingerprint density at radius 3 is 2.79 bits per heavy atom. The summed E-state index contributed by atoms with van der Waals surface area (Å²) in [6.07, 6.45) is 4.31. The second-order valence-corrected chi connectivity index (χ2v) is 5.34. The number of likely N-dealkylation sites (tertiary alicyclic amines) is 1. The molecule has 1 N–H and O–H groups in total. The second-order valence-electron chi connectivity index (χ2n) is 4.90. The van der Waals surface area contributed by atoms with E-state index >= 15 is 0 Å². The van der Waals surface area contributed by atoms with Crippen LogP contribution in [-0.2, 0) is 11.8 Å². The van der Waals surface area contributed by atoms with E-state index in [9.17, 15) is 9.59 Å². The summed E-state index contributed by atoms with van der Waals surface area (Å²) < 4.78 is 1.68. The zero-order chi connectivity index (χ0) is 14.0. The highest BCUT2D eigenvalue weighted by Crippen LogP contribution is 2.23. The van der Waals surface area contributed by atoms with Crippen LogP contribution in [0.4, 0.5) is 0 Å². The Kier molecular flexibility index (Phi) is 4.14. The maximum Gasteiger partial charge on any atom is 0.305 e. The number of halogens is 1. The van der Waals surface area contributed by atoms with Gasteiger partial charge in [-0.2, -0.15) is 0 Å². The normalized spacial score (nSPS) is 19.5. The average molecular weight is 285 g/mol. The summed E-state index contributed by atoms with van der Waals surface area (Å²) in [6.45, 7) is 0.611. The zero-order valence-electron chi connectivity index (χ0n) is 10.8. The van der Waals surface area contributed by atoms with Crippen molar-refractivity contribution >= 4 is 23.5 Å². The van der Waals surface area contributed by atoms with E-state index in [0.29, 0.717) is 17.3 Å². The SMILES string of the molecule is Cn1cc(Cl)cc1C(=O)N1CCCCC1CC(=O)O. The van der Waals surface area contributed by atoms with Crippen LogP contribution < -0.4 is 0 Å². The number of carboxylic acids is 1. The Balaban J connectivity index is 2.19. The van der Waals surface area contributed by atoms with E-state index in [-0.39, 0.29) is 18.4 Å². The van der Waals surface area contributed by atoms with E-state index in [4.69, 9.17) is 16.7 Å². The minimum Gasteiger partial charge on any atom is -0.481 e. The van der Waals surface area contributed by atoms with Crippen molar-refractivity contribution in [1.29, 1.82) is 0 Å².